The average Bonchev–Trinajstić information content (AvgIpc) is 3.15. The second-order valence-electron chi connectivity index (χ2n) is 5.75. The van der Waals surface area contributed by atoms with Gasteiger partial charge in [-0.15, -0.1) is 0 Å². The van der Waals surface area contributed by atoms with Gasteiger partial charge in [-0.3, -0.25) is 4.79 Å². The van der Waals surface area contributed by atoms with Crippen LogP contribution in [0.25, 0.3) is 0 Å². The molecule has 0 saturated carbocycles. The zero-order chi connectivity index (χ0) is 16.2. The first kappa shape index (κ1) is 15.6. The summed E-state index contributed by atoms with van der Waals surface area (Å²) < 4.78 is 13.2. The third kappa shape index (κ3) is 3.71. The second-order valence-corrected chi connectivity index (χ2v) is 5.75. The van der Waals surface area contributed by atoms with Gasteiger partial charge in [0, 0.05) is 26.0 Å². The summed E-state index contributed by atoms with van der Waals surface area (Å²) in [6, 6.07) is 7.55. The Morgan fingerprint density at radius 3 is 2.91 bits per heavy atom. The van der Waals surface area contributed by atoms with Gasteiger partial charge in [0.05, 0.1) is 6.04 Å². The SMILES string of the molecule is Cc1ccc(OCC(=O)N[C@H]2CCO[C@@H]2c2nccn2C)cc1. The summed E-state index contributed by atoms with van der Waals surface area (Å²) >= 11 is 0. The maximum absolute atomic E-state index is 12.1. The maximum atomic E-state index is 12.1. The highest BCUT2D eigenvalue weighted by molar-refractivity contribution is 5.78. The molecule has 1 fully saturated rings. The first-order valence-corrected chi connectivity index (χ1v) is 7.71. The van der Waals surface area contributed by atoms with E-state index in [0.29, 0.717) is 12.4 Å². The number of aromatic nitrogens is 2. The predicted molar refractivity (Wildman–Crippen MR) is 85.1 cm³/mol. The van der Waals surface area contributed by atoms with Crippen molar-refractivity contribution in [2.24, 2.45) is 7.05 Å². The van der Waals surface area contributed by atoms with Crippen LogP contribution < -0.4 is 10.1 Å². The Hall–Kier alpha value is -2.34. The molecule has 2 aromatic rings. The number of benzene rings is 1. The number of rotatable bonds is 5. The first-order chi connectivity index (χ1) is 11.1. The Kier molecular flexibility index (Phi) is 4.62. The third-order valence-electron chi connectivity index (χ3n) is 3.94. The summed E-state index contributed by atoms with van der Waals surface area (Å²) in [6.45, 7) is 2.61. The minimum Gasteiger partial charge on any atom is -0.484 e. The van der Waals surface area contributed by atoms with Crippen molar-refractivity contribution in [3.8, 4) is 5.75 Å². The van der Waals surface area contributed by atoms with Crippen LogP contribution in [0.4, 0.5) is 0 Å². The quantitative estimate of drug-likeness (QED) is 0.913. The van der Waals surface area contributed by atoms with Gasteiger partial charge in [-0.1, -0.05) is 17.7 Å². The van der Waals surface area contributed by atoms with Gasteiger partial charge >= 0.3 is 0 Å². The summed E-state index contributed by atoms with van der Waals surface area (Å²) in [7, 11) is 1.92. The van der Waals surface area contributed by atoms with Crippen LogP contribution in [0, 0.1) is 6.92 Å². The molecule has 2 heterocycles. The van der Waals surface area contributed by atoms with Crippen molar-refractivity contribution in [1.29, 1.82) is 0 Å². The largest absolute Gasteiger partial charge is 0.484 e. The zero-order valence-corrected chi connectivity index (χ0v) is 13.4. The minimum absolute atomic E-state index is 0.00710. The summed E-state index contributed by atoms with van der Waals surface area (Å²) in [5.41, 5.74) is 1.16. The highest BCUT2D eigenvalue weighted by Gasteiger charge is 2.33. The van der Waals surface area contributed by atoms with Crippen LogP contribution in [-0.2, 0) is 16.6 Å². The van der Waals surface area contributed by atoms with Gasteiger partial charge in [0.2, 0.25) is 0 Å². The molecule has 0 spiro atoms. The molecule has 1 saturated heterocycles. The van der Waals surface area contributed by atoms with E-state index in [9.17, 15) is 4.79 Å². The second kappa shape index (κ2) is 6.83. The van der Waals surface area contributed by atoms with Crippen molar-refractivity contribution in [2.75, 3.05) is 13.2 Å². The predicted octanol–water partition coefficient (Wildman–Crippen LogP) is 1.75. The number of imidazole rings is 1. The van der Waals surface area contributed by atoms with Gasteiger partial charge in [-0.05, 0) is 25.5 Å². The summed E-state index contributed by atoms with van der Waals surface area (Å²) in [6.07, 6.45) is 4.17. The van der Waals surface area contributed by atoms with Crippen LogP contribution in [0.15, 0.2) is 36.7 Å². The van der Waals surface area contributed by atoms with E-state index in [0.717, 1.165) is 17.8 Å². The minimum atomic E-state index is -0.210. The highest BCUT2D eigenvalue weighted by atomic mass is 16.5. The molecular weight excluding hydrogens is 294 g/mol. The van der Waals surface area contributed by atoms with E-state index in [4.69, 9.17) is 9.47 Å². The Morgan fingerprint density at radius 2 is 2.22 bits per heavy atom. The monoisotopic (exact) mass is 315 g/mol. The summed E-state index contributed by atoms with van der Waals surface area (Å²) in [4.78, 5) is 16.4. The molecule has 1 amide bonds. The topological polar surface area (TPSA) is 65.4 Å². The van der Waals surface area contributed by atoms with Crippen LogP contribution in [0.5, 0.6) is 5.75 Å². The number of ether oxygens (including phenoxy) is 2. The molecule has 0 unspecified atom stereocenters. The lowest BCUT2D eigenvalue weighted by molar-refractivity contribution is -0.124. The lowest BCUT2D eigenvalue weighted by atomic mass is 10.1. The summed E-state index contributed by atoms with van der Waals surface area (Å²) in [5.74, 6) is 1.36. The van der Waals surface area contributed by atoms with Crippen LogP contribution in [0.3, 0.4) is 0 Å². The number of hydrogen-bond donors (Lipinski definition) is 1. The van der Waals surface area contributed by atoms with Gasteiger partial charge in [-0.25, -0.2) is 4.98 Å². The molecule has 1 aromatic carbocycles. The molecule has 1 aliphatic rings. The number of amides is 1. The fourth-order valence-corrected chi connectivity index (χ4v) is 2.67. The first-order valence-electron chi connectivity index (χ1n) is 7.71. The Bertz CT molecular complexity index is 666. The van der Waals surface area contributed by atoms with E-state index in [1.54, 1.807) is 6.20 Å². The van der Waals surface area contributed by atoms with E-state index in [-0.39, 0.29) is 24.7 Å². The molecular formula is C17H21N3O3. The standard InChI is InChI=1S/C17H21N3O3/c1-12-3-5-13(6-4-12)23-11-15(21)19-14-7-10-22-16(14)17-18-8-9-20(17)2/h3-6,8-9,14,16H,7,10-11H2,1-2H3,(H,19,21)/t14-,16-/m0/s1. The number of hydrogen-bond acceptors (Lipinski definition) is 4. The molecule has 1 aromatic heterocycles. The van der Waals surface area contributed by atoms with E-state index < -0.39 is 0 Å². The van der Waals surface area contributed by atoms with Crippen LogP contribution >= 0.6 is 0 Å². The van der Waals surface area contributed by atoms with Gasteiger partial charge in [-0.2, -0.15) is 0 Å². The molecule has 1 aliphatic heterocycles. The molecule has 2 atom stereocenters. The molecule has 0 aliphatic carbocycles. The number of nitrogens with one attached hydrogen (secondary N) is 1. The lowest BCUT2D eigenvalue weighted by Crippen LogP contribution is -2.40. The van der Waals surface area contributed by atoms with Gasteiger partial charge < -0.3 is 19.4 Å². The molecule has 0 radical (unpaired) electrons. The van der Waals surface area contributed by atoms with E-state index >= 15 is 0 Å². The number of aryl methyl sites for hydroxylation is 2. The molecule has 6 heteroatoms. The van der Waals surface area contributed by atoms with Crippen molar-refractivity contribution < 1.29 is 14.3 Å². The van der Waals surface area contributed by atoms with E-state index in [1.165, 1.54) is 0 Å². The van der Waals surface area contributed by atoms with Crippen molar-refractivity contribution >= 4 is 5.91 Å². The van der Waals surface area contributed by atoms with Crippen molar-refractivity contribution in [2.45, 2.75) is 25.5 Å². The molecule has 1 N–H and O–H groups in total. The van der Waals surface area contributed by atoms with Gasteiger partial charge in [0.25, 0.3) is 5.91 Å². The van der Waals surface area contributed by atoms with Crippen LogP contribution in [0.1, 0.15) is 23.9 Å². The molecule has 23 heavy (non-hydrogen) atoms. The Balaban J connectivity index is 1.54. The molecule has 3 rings (SSSR count). The van der Waals surface area contributed by atoms with Crippen molar-refractivity contribution in [3.05, 3.63) is 48.0 Å². The fourth-order valence-electron chi connectivity index (χ4n) is 2.67. The van der Waals surface area contributed by atoms with E-state index in [2.05, 4.69) is 10.3 Å². The maximum Gasteiger partial charge on any atom is 0.258 e. The normalized spacial score (nSPS) is 20.4. The van der Waals surface area contributed by atoms with E-state index in [1.807, 2.05) is 49.0 Å². The molecule has 122 valence electrons. The number of carbonyl (C=O) groups excluding carboxylic acids is 1. The highest BCUT2D eigenvalue weighted by Crippen LogP contribution is 2.27. The van der Waals surface area contributed by atoms with Crippen molar-refractivity contribution in [1.82, 2.24) is 14.9 Å². The fraction of sp³-hybridized carbons (Fsp3) is 0.412. The Labute approximate surface area is 135 Å². The van der Waals surface area contributed by atoms with Gasteiger partial charge in [0.15, 0.2) is 6.61 Å². The number of carbonyl (C=O) groups is 1. The Morgan fingerprint density at radius 1 is 1.43 bits per heavy atom. The average molecular weight is 315 g/mol. The molecule has 6 nitrogen and oxygen atoms in total. The smallest absolute Gasteiger partial charge is 0.258 e. The van der Waals surface area contributed by atoms with Gasteiger partial charge in [0.1, 0.15) is 17.7 Å². The zero-order valence-electron chi connectivity index (χ0n) is 13.4. The van der Waals surface area contributed by atoms with Crippen LogP contribution in [-0.4, -0.2) is 34.7 Å². The third-order valence-corrected chi connectivity index (χ3v) is 3.94. The summed E-state index contributed by atoms with van der Waals surface area (Å²) in [5, 5.41) is 2.98. The lowest BCUT2D eigenvalue weighted by Gasteiger charge is -2.19. The van der Waals surface area contributed by atoms with Crippen LogP contribution in [0.2, 0.25) is 0 Å². The molecule has 0 bridgehead atoms. The van der Waals surface area contributed by atoms with Crippen molar-refractivity contribution in [3.63, 3.8) is 0 Å². The number of nitrogens with zero attached hydrogens (tertiary/aromatic N) is 2.